The number of hydrogen-bond donors (Lipinski definition) is 0. The van der Waals surface area contributed by atoms with E-state index in [0.29, 0.717) is 12.3 Å². The smallest absolute Gasteiger partial charge is 0.305 e. The van der Waals surface area contributed by atoms with Gasteiger partial charge in [-0.05, 0) is 18.8 Å². The molecule has 0 aromatic heterocycles. The van der Waals surface area contributed by atoms with Crippen LogP contribution in [0.2, 0.25) is 0 Å². The molecule has 12 heavy (non-hydrogen) atoms. The van der Waals surface area contributed by atoms with E-state index in [-0.39, 0.29) is 5.97 Å². The van der Waals surface area contributed by atoms with E-state index < -0.39 is 0 Å². The molecule has 2 heteroatoms. The molecule has 0 aromatic carbocycles. The third-order valence-electron chi connectivity index (χ3n) is 2.16. The van der Waals surface area contributed by atoms with Gasteiger partial charge in [0.25, 0.3) is 0 Å². The van der Waals surface area contributed by atoms with Crippen molar-refractivity contribution < 1.29 is 9.53 Å². The fourth-order valence-corrected chi connectivity index (χ4v) is 1.53. The van der Waals surface area contributed by atoms with Crippen molar-refractivity contribution in [1.29, 1.82) is 0 Å². The molecule has 0 N–H and O–H groups in total. The van der Waals surface area contributed by atoms with Crippen molar-refractivity contribution in [3.63, 3.8) is 0 Å². The van der Waals surface area contributed by atoms with Crippen LogP contribution < -0.4 is 0 Å². The second-order valence-corrected chi connectivity index (χ2v) is 2.93. The summed E-state index contributed by atoms with van der Waals surface area (Å²) in [5.41, 5.74) is 0. The van der Waals surface area contributed by atoms with Gasteiger partial charge in [-0.2, -0.15) is 0 Å². The molecular formula is C10H20O2. The predicted molar refractivity (Wildman–Crippen MR) is 49.9 cm³/mol. The van der Waals surface area contributed by atoms with E-state index in [4.69, 9.17) is 0 Å². The Morgan fingerprint density at radius 2 is 1.83 bits per heavy atom. The van der Waals surface area contributed by atoms with Crippen molar-refractivity contribution in [3.8, 4) is 0 Å². The van der Waals surface area contributed by atoms with E-state index >= 15 is 0 Å². The molecule has 0 aliphatic heterocycles. The fraction of sp³-hybridized carbons (Fsp3) is 0.900. The van der Waals surface area contributed by atoms with Gasteiger partial charge in [0.15, 0.2) is 0 Å². The summed E-state index contributed by atoms with van der Waals surface area (Å²) in [6.45, 7) is 4.00. The van der Waals surface area contributed by atoms with E-state index in [1.165, 1.54) is 32.8 Å². The van der Waals surface area contributed by atoms with Crippen LogP contribution in [-0.2, 0) is 9.53 Å². The lowest BCUT2D eigenvalue weighted by atomic mass is 10.1. The van der Waals surface area contributed by atoms with Crippen LogP contribution >= 0.6 is 0 Å². The van der Waals surface area contributed by atoms with Crippen molar-refractivity contribution in [3.05, 3.63) is 0 Å². The minimum Gasteiger partial charge on any atom is -0.469 e. The van der Waals surface area contributed by atoms with Gasteiger partial charge in [0.05, 0.1) is 7.11 Å². The summed E-state index contributed by atoms with van der Waals surface area (Å²) in [5, 5.41) is 0. The molecule has 72 valence electrons. The van der Waals surface area contributed by atoms with Crippen LogP contribution in [0, 0.1) is 5.92 Å². The van der Waals surface area contributed by atoms with Crippen LogP contribution in [0.4, 0.5) is 0 Å². The van der Waals surface area contributed by atoms with Crippen LogP contribution in [0.3, 0.4) is 0 Å². The lowest BCUT2D eigenvalue weighted by Gasteiger charge is -2.04. The predicted octanol–water partition coefficient (Wildman–Crippen LogP) is 2.77. The number of hydrogen-bond acceptors (Lipinski definition) is 2. The van der Waals surface area contributed by atoms with Crippen LogP contribution in [0.5, 0.6) is 0 Å². The summed E-state index contributed by atoms with van der Waals surface area (Å²) in [7, 11) is 1.46. The zero-order chi connectivity index (χ0) is 9.40. The first-order chi connectivity index (χ1) is 5.83. The Morgan fingerprint density at radius 1 is 1.33 bits per heavy atom. The Labute approximate surface area is 75.3 Å². The van der Waals surface area contributed by atoms with E-state index in [0.717, 1.165) is 0 Å². The summed E-state index contributed by atoms with van der Waals surface area (Å²) in [6.07, 6.45) is 5.66. The first-order valence-corrected chi connectivity index (χ1v) is 4.89. The van der Waals surface area contributed by atoms with E-state index in [1.807, 2.05) is 13.8 Å². The summed E-state index contributed by atoms with van der Waals surface area (Å²) < 4.78 is 4.57. The molecule has 0 unspecified atom stereocenters. The highest BCUT2D eigenvalue weighted by Gasteiger charge is 2.18. The zero-order valence-electron chi connectivity index (χ0n) is 8.43. The largest absolute Gasteiger partial charge is 0.469 e. The summed E-state index contributed by atoms with van der Waals surface area (Å²) in [4.78, 5) is 10.7. The average Bonchev–Trinajstić information content (AvgIpc) is 2.60. The molecule has 0 heterocycles. The Hall–Kier alpha value is -0.530. The van der Waals surface area contributed by atoms with Crippen molar-refractivity contribution in [1.82, 2.24) is 0 Å². The van der Waals surface area contributed by atoms with Crippen LogP contribution in [0.15, 0.2) is 0 Å². The molecule has 0 amide bonds. The number of esters is 1. The third-order valence-corrected chi connectivity index (χ3v) is 2.16. The molecule has 0 aromatic rings. The molecule has 0 spiro atoms. The van der Waals surface area contributed by atoms with Gasteiger partial charge in [0.2, 0.25) is 0 Å². The van der Waals surface area contributed by atoms with Gasteiger partial charge in [-0.15, -0.1) is 0 Å². The van der Waals surface area contributed by atoms with Crippen molar-refractivity contribution in [2.75, 3.05) is 7.11 Å². The Kier molecular flexibility index (Phi) is 6.82. The van der Waals surface area contributed by atoms with Crippen LogP contribution in [0.1, 0.15) is 46.0 Å². The second kappa shape index (κ2) is 7.14. The van der Waals surface area contributed by atoms with E-state index in [9.17, 15) is 4.79 Å². The average molecular weight is 172 g/mol. The minimum atomic E-state index is -0.0492. The molecule has 1 fully saturated rings. The van der Waals surface area contributed by atoms with Gasteiger partial charge in [-0.3, -0.25) is 4.79 Å². The zero-order valence-corrected chi connectivity index (χ0v) is 8.43. The van der Waals surface area contributed by atoms with Gasteiger partial charge in [-0.25, -0.2) is 0 Å². The molecular weight excluding hydrogens is 152 g/mol. The van der Waals surface area contributed by atoms with Gasteiger partial charge >= 0.3 is 5.97 Å². The Bertz CT molecular complexity index is 115. The minimum absolute atomic E-state index is 0.0492. The number of carbonyl (C=O) groups excluding carboxylic acids is 1. The summed E-state index contributed by atoms with van der Waals surface area (Å²) >= 11 is 0. The first-order valence-electron chi connectivity index (χ1n) is 4.89. The van der Waals surface area contributed by atoms with Gasteiger partial charge < -0.3 is 4.74 Å². The molecule has 2 nitrogen and oxygen atoms in total. The molecule has 1 saturated carbocycles. The van der Waals surface area contributed by atoms with Gasteiger partial charge in [-0.1, -0.05) is 26.7 Å². The highest BCUT2D eigenvalue weighted by Crippen LogP contribution is 2.27. The monoisotopic (exact) mass is 172 g/mol. The standard InChI is InChI=1S/C8H14O2.C2H6/c1-10-8(9)6-7-4-2-3-5-7;1-2/h7H,2-6H2,1H3;1-2H3. The van der Waals surface area contributed by atoms with Crippen molar-refractivity contribution in [2.45, 2.75) is 46.0 Å². The normalized spacial score (nSPS) is 16.6. The SMILES string of the molecule is CC.COC(=O)CC1CCCC1. The first kappa shape index (κ1) is 11.5. The maximum absolute atomic E-state index is 10.7. The van der Waals surface area contributed by atoms with E-state index in [2.05, 4.69) is 4.74 Å². The molecule has 0 bridgehead atoms. The Balaban J connectivity index is 0.000000561. The molecule has 0 atom stereocenters. The maximum atomic E-state index is 10.7. The van der Waals surface area contributed by atoms with Crippen LogP contribution in [-0.4, -0.2) is 13.1 Å². The van der Waals surface area contributed by atoms with Gasteiger partial charge in [0, 0.05) is 6.42 Å². The summed E-state index contributed by atoms with van der Waals surface area (Å²) in [5.74, 6) is 0.569. The molecule has 1 rings (SSSR count). The number of ether oxygens (including phenoxy) is 1. The molecule has 0 radical (unpaired) electrons. The quantitative estimate of drug-likeness (QED) is 0.599. The summed E-state index contributed by atoms with van der Waals surface area (Å²) in [6, 6.07) is 0. The topological polar surface area (TPSA) is 26.3 Å². The second-order valence-electron chi connectivity index (χ2n) is 2.93. The van der Waals surface area contributed by atoms with E-state index in [1.54, 1.807) is 0 Å². The lowest BCUT2D eigenvalue weighted by molar-refractivity contribution is -0.141. The highest BCUT2D eigenvalue weighted by molar-refractivity contribution is 5.69. The third kappa shape index (κ3) is 4.37. The van der Waals surface area contributed by atoms with Crippen molar-refractivity contribution >= 4 is 5.97 Å². The molecule has 1 aliphatic carbocycles. The Morgan fingerprint density at radius 3 is 2.25 bits per heavy atom. The molecule has 1 aliphatic rings. The molecule has 0 saturated heterocycles. The highest BCUT2D eigenvalue weighted by atomic mass is 16.5. The maximum Gasteiger partial charge on any atom is 0.305 e. The number of rotatable bonds is 2. The number of carbonyl (C=O) groups is 1. The lowest BCUT2D eigenvalue weighted by Crippen LogP contribution is -2.06. The van der Waals surface area contributed by atoms with Crippen LogP contribution in [0.25, 0.3) is 0 Å². The fourth-order valence-electron chi connectivity index (χ4n) is 1.53. The number of methoxy groups -OCH3 is 1. The van der Waals surface area contributed by atoms with Crippen molar-refractivity contribution in [2.24, 2.45) is 5.92 Å². The van der Waals surface area contributed by atoms with Gasteiger partial charge in [0.1, 0.15) is 0 Å².